The quantitative estimate of drug-likeness (QED) is 0.572. The average Bonchev–Trinajstić information content (AvgIpc) is 3.30. The van der Waals surface area contributed by atoms with Crippen LogP contribution in [0.3, 0.4) is 0 Å². The van der Waals surface area contributed by atoms with Crippen LogP contribution in [-0.2, 0) is 16.1 Å². The van der Waals surface area contributed by atoms with E-state index in [4.69, 9.17) is 4.74 Å². The van der Waals surface area contributed by atoms with Crippen molar-refractivity contribution in [2.75, 3.05) is 33.4 Å². The van der Waals surface area contributed by atoms with E-state index in [0.29, 0.717) is 25.3 Å². The highest BCUT2D eigenvalue weighted by Gasteiger charge is 2.33. The van der Waals surface area contributed by atoms with Crippen molar-refractivity contribution in [3.63, 3.8) is 0 Å². The number of rotatable bonds is 7. The van der Waals surface area contributed by atoms with Gasteiger partial charge in [-0.25, -0.2) is 4.39 Å². The number of amides is 2. The van der Waals surface area contributed by atoms with Gasteiger partial charge in [-0.1, -0.05) is 30.3 Å². The molecule has 0 aliphatic carbocycles. The van der Waals surface area contributed by atoms with E-state index < -0.39 is 5.82 Å². The summed E-state index contributed by atoms with van der Waals surface area (Å²) in [7, 11) is 1.55. The summed E-state index contributed by atoms with van der Waals surface area (Å²) in [4.78, 5) is 29.9. The summed E-state index contributed by atoms with van der Waals surface area (Å²) in [5, 5.41) is 0. The molecule has 166 valence electrons. The lowest BCUT2D eigenvalue weighted by atomic mass is 10.00. The molecule has 0 radical (unpaired) electrons. The van der Waals surface area contributed by atoms with Crippen molar-refractivity contribution in [3.8, 4) is 0 Å². The Hall–Kier alpha value is -3.45. The van der Waals surface area contributed by atoms with Gasteiger partial charge in [0.15, 0.2) is 0 Å². The van der Waals surface area contributed by atoms with E-state index in [2.05, 4.69) is 4.57 Å². The van der Waals surface area contributed by atoms with E-state index in [0.717, 1.165) is 11.3 Å². The lowest BCUT2D eigenvalue weighted by molar-refractivity contribution is -0.134. The first-order valence-corrected chi connectivity index (χ1v) is 10.6. The summed E-state index contributed by atoms with van der Waals surface area (Å²) >= 11 is 0. The third-order valence-electron chi connectivity index (χ3n) is 5.74. The van der Waals surface area contributed by atoms with Crippen LogP contribution in [0.4, 0.5) is 4.39 Å². The van der Waals surface area contributed by atoms with Gasteiger partial charge in [-0.05, 0) is 42.0 Å². The number of carbonyl (C=O) groups is 2. The van der Waals surface area contributed by atoms with Gasteiger partial charge in [-0.15, -0.1) is 0 Å². The molecule has 2 amide bonds. The summed E-state index contributed by atoms with van der Waals surface area (Å²) in [6.07, 6.45) is 2.02. The highest BCUT2D eigenvalue weighted by atomic mass is 19.1. The zero-order valence-corrected chi connectivity index (χ0v) is 18.0. The van der Waals surface area contributed by atoms with Crippen LogP contribution in [0.5, 0.6) is 0 Å². The second kappa shape index (κ2) is 9.78. The van der Waals surface area contributed by atoms with Crippen LogP contribution in [0.1, 0.15) is 27.7 Å². The number of methoxy groups -OCH3 is 1. The molecule has 1 atom stereocenters. The second-order valence-corrected chi connectivity index (χ2v) is 7.75. The Labute approximate surface area is 186 Å². The molecule has 2 heterocycles. The molecule has 0 fully saturated rings. The Morgan fingerprint density at radius 2 is 1.78 bits per heavy atom. The SMILES string of the molecule is COCCN(CC(=O)N1CCn2cccc2C1c1ccccc1)C(=O)c1ccc(F)cc1. The lowest BCUT2D eigenvalue weighted by Crippen LogP contribution is -2.48. The van der Waals surface area contributed by atoms with Gasteiger partial charge in [-0.3, -0.25) is 9.59 Å². The predicted molar refractivity (Wildman–Crippen MR) is 119 cm³/mol. The number of halogens is 1. The zero-order chi connectivity index (χ0) is 22.5. The van der Waals surface area contributed by atoms with Gasteiger partial charge in [0.05, 0.1) is 12.6 Å². The number of benzene rings is 2. The third kappa shape index (κ3) is 4.57. The van der Waals surface area contributed by atoms with E-state index in [9.17, 15) is 14.0 Å². The normalized spacial score (nSPS) is 15.3. The molecule has 0 bridgehead atoms. The molecule has 6 nitrogen and oxygen atoms in total. The summed E-state index contributed by atoms with van der Waals surface area (Å²) in [5.41, 5.74) is 2.40. The molecule has 1 aliphatic heterocycles. The maximum Gasteiger partial charge on any atom is 0.254 e. The Bertz CT molecular complexity index is 1070. The number of fused-ring (bicyclic) bond motifs is 1. The predicted octanol–water partition coefficient (Wildman–Crippen LogP) is 3.35. The van der Waals surface area contributed by atoms with E-state index in [-0.39, 0.29) is 30.9 Å². The summed E-state index contributed by atoms with van der Waals surface area (Å²) < 4.78 is 20.6. The molecular formula is C25H26FN3O3. The molecule has 0 saturated heterocycles. The summed E-state index contributed by atoms with van der Waals surface area (Å²) in [5.74, 6) is -0.881. The zero-order valence-electron chi connectivity index (χ0n) is 18.0. The monoisotopic (exact) mass is 435 g/mol. The first-order valence-electron chi connectivity index (χ1n) is 10.6. The number of carbonyl (C=O) groups excluding carboxylic acids is 2. The number of hydrogen-bond donors (Lipinski definition) is 0. The molecule has 1 aliphatic rings. The van der Waals surface area contributed by atoms with Crippen molar-refractivity contribution in [2.45, 2.75) is 12.6 Å². The first kappa shape index (κ1) is 21.8. The maximum absolute atomic E-state index is 13.5. The van der Waals surface area contributed by atoms with Crippen LogP contribution in [0.2, 0.25) is 0 Å². The van der Waals surface area contributed by atoms with Crippen LogP contribution in [0.25, 0.3) is 0 Å². The number of ether oxygens (including phenoxy) is 1. The van der Waals surface area contributed by atoms with Gasteiger partial charge in [0.25, 0.3) is 5.91 Å². The minimum atomic E-state index is -0.414. The van der Waals surface area contributed by atoms with Gasteiger partial charge in [0.2, 0.25) is 5.91 Å². The second-order valence-electron chi connectivity index (χ2n) is 7.75. The standard InChI is InChI=1S/C25H26FN3O3/c1-32-17-16-28(25(31)20-9-11-21(26)12-10-20)18-23(30)29-15-14-27-13-5-8-22(27)24(29)19-6-3-2-4-7-19/h2-13,24H,14-18H2,1H3. The van der Waals surface area contributed by atoms with Crippen molar-refractivity contribution in [1.29, 1.82) is 0 Å². The smallest absolute Gasteiger partial charge is 0.254 e. The fraction of sp³-hybridized carbons (Fsp3) is 0.280. The highest BCUT2D eigenvalue weighted by Crippen LogP contribution is 2.32. The molecule has 1 unspecified atom stereocenters. The third-order valence-corrected chi connectivity index (χ3v) is 5.74. The van der Waals surface area contributed by atoms with E-state index in [1.807, 2.05) is 53.6 Å². The number of aromatic nitrogens is 1. The van der Waals surface area contributed by atoms with Crippen molar-refractivity contribution < 1.29 is 18.7 Å². The van der Waals surface area contributed by atoms with Crippen molar-refractivity contribution >= 4 is 11.8 Å². The Kier molecular flexibility index (Phi) is 6.66. The fourth-order valence-corrected chi connectivity index (χ4v) is 4.12. The van der Waals surface area contributed by atoms with Gasteiger partial charge >= 0.3 is 0 Å². The van der Waals surface area contributed by atoms with Crippen LogP contribution in [-0.4, -0.2) is 59.5 Å². The molecule has 3 aromatic rings. The Morgan fingerprint density at radius 1 is 1.03 bits per heavy atom. The van der Waals surface area contributed by atoms with E-state index in [1.54, 1.807) is 7.11 Å². The molecule has 2 aromatic carbocycles. The summed E-state index contributed by atoms with van der Waals surface area (Å²) in [6.45, 7) is 1.72. The Morgan fingerprint density at radius 3 is 2.50 bits per heavy atom. The van der Waals surface area contributed by atoms with Gasteiger partial charge < -0.3 is 19.1 Å². The fourth-order valence-electron chi connectivity index (χ4n) is 4.12. The molecule has 0 saturated carbocycles. The van der Waals surface area contributed by atoms with Crippen LogP contribution in [0.15, 0.2) is 72.9 Å². The first-order chi connectivity index (χ1) is 15.6. The van der Waals surface area contributed by atoms with Gasteiger partial charge in [0.1, 0.15) is 12.4 Å². The number of nitrogens with zero attached hydrogens (tertiary/aromatic N) is 3. The van der Waals surface area contributed by atoms with Gasteiger partial charge in [-0.2, -0.15) is 0 Å². The summed E-state index contributed by atoms with van der Waals surface area (Å²) in [6, 6.07) is 19.0. The van der Waals surface area contributed by atoms with E-state index >= 15 is 0 Å². The lowest BCUT2D eigenvalue weighted by Gasteiger charge is -2.38. The largest absolute Gasteiger partial charge is 0.383 e. The minimum Gasteiger partial charge on any atom is -0.383 e. The molecular weight excluding hydrogens is 409 g/mol. The van der Waals surface area contributed by atoms with Crippen molar-refractivity contribution in [2.24, 2.45) is 0 Å². The molecule has 4 rings (SSSR count). The molecule has 7 heteroatoms. The Balaban J connectivity index is 1.59. The maximum atomic E-state index is 13.5. The molecule has 0 spiro atoms. The molecule has 32 heavy (non-hydrogen) atoms. The van der Waals surface area contributed by atoms with Crippen molar-refractivity contribution in [3.05, 3.63) is 95.6 Å². The topological polar surface area (TPSA) is 54.8 Å². The molecule has 0 N–H and O–H groups in total. The van der Waals surface area contributed by atoms with Crippen molar-refractivity contribution in [1.82, 2.24) is 14.4 Å². The van der Waals surface area contributed by atoms with E-state index in [1.165, 1.54) is 29.2 Å². The number of hydrogen-bond acceptors (Lipinski definition) is 3. The average molecular weight is 435 g/mol. The van der Waals surface area contributed by atoms with Gasteiger partial charge in [0, 0.05) is 44.2 Å². The highest BCUT2D eigenvalue weighted by molar-refractivity contribution is 5.96. The van der Waals surface area contributed by atoms with Crippen LogP contribution >= 0.6 is 0 Å². The minimum absolute atomic E-state index is 0.0798. The van der Waals surface area contributed by atoms with Crippen LogP contribution < -0.4 is 0 Å². The molecule has 1 aromatic heterocycles. The van der Waals surface area contributed by atoms with Crippen LogP contribution in [0, 0.1) is 5.82 Å².